The van der Waals surface area contributed by atoms with Gasteiger partial charge in [0.25, 0.3) is 0 Å². The number of carboxylic acid groups (broad SMARTS) is 2. The summed E-state index contributed by atoms with van der Waals surface area (Å²) in [5.41, 5.74) is 4.96. The Morgan fingerprint density at radius 1 is 0.870 bits per heavy atom. The van der Waals surface area contributed by atoms with Gasteiger partial charge in [-0.15, -0.1) is 10.2 Å². The molecule has 3 aromatic heterocycles. The second-order valence-corrected chi connectivity index (χ2v) is 9.86. The molecule has 10 nitrogen and oxygen atoms in total. The van der Waals surface area contributed by atoms with E-state index in [1.165, 1.54) is 0 Å². The molecule has 0 spiro atoms. The Balaban J connectivity index is 0.000000345. The van der Waals surface area contributed by atoms with Gasteiger partial charge in [-0.25, -0.2) is 9.59 Å². The molecule has 2 N–H and O–H groups in total. The normalized spacial score (nSPS) is 12.1. The van der Waals surface area contributed by atoms with Gasteiger partial charge < -0.3 is 19.8 Å². The maximum Gasteiger partial charge on any atom is 0.490 e. The van der Waals surface area contributed by atoms with E-state index < -0.39 is 24.3 Å². The molecule has 0 fully saturated rings. The van der Waals surface area contributed by atoms with Crippen LogP contribution in [0.4, 0.5) is 26.3 Å². The van der Waals surface area contributed by atoms with E-state index in [4.69, 9.17) is 24.5 Å². The van der Waals surface area contributed by atoms with Crippen molar-refractivity contribution in [2.75, 3.05) is 20.6 Å². The summed E-state index contributed by atoms with van der Waals surface area (Å²) in [5.74, 6) is -3.83. The van der Waals surface area contributed by atoms with E-state index in [-0.39, 0.29) is 6.10 Å². The third-order valence-electron chi connectivity index (χ3n) is 5.93. The molecule has 0 aliphatic rings. The zero-order valence-electron chi connectivity index (χ0n) is 24.4. The third kappa shape index (κ3) is 9.62. The zero-order valence-corrected chi connectivity index (χ0v) is 24.4. The maximum atomic E-state index is 10.6. The Bertz CT molecular complexity index is 1760. The third-order valence-corrected chi connectivity index (χ3v) is 5.93. The molecular weight excluding hydrogens is 624 g/mol. The van der Waals surface area contributed by atoms with Crippen molar-refractivity contribution in [2.45, 2.75) is 25.4 Å². The van der Waals surface area contributed by atoms with Crippen LogP contribution in [0.1, 0.15) is 6.92 Å². The highest BCUT2D eigenvalue weighted by Gasteiger charge is 2.38. The molecule has 0 aliphatic heterocycles. The van der Waals surface area contributed by atoms with E-state index in [9.17, 15) is 26.3 Å². The van der Waals surface area contributed by atoms with Gasteiger partial charge in [-0.1, -0.05) is 30.3 Å². The Morgan fingerprint density at radius 3 is 2.02 bits per heavy atom. The predicted octanol–water partition coefficient (Wildman–Crippen LogP) is 6.21. The van der Waals surface area contributed by atoms with Crippen LogP contribution in [0.25, 0.3) is 39.1 Å². The predicted molar refractivity (Wildman–Crippen MR) is 155 cm³/mol. The SMILES string of the molecule is CC(CN(C)C)Oc1ccc(-c2ccn3c(-c4ccnc5ccccc45)nnc3c2)cc1.O=C(O)C(F)(F)F.O=C(O)C(F)(F)F. The number of ether oxygens (including phenoxy) is 1. The first-order chi connectivity index (χ1) is 21.5. The average molecular weight is 652 g/mol. The minimum atomic E-state index is -5.08. The van der Waals surface area contributed by atoms with Crippen molar-refractivity contribution >= 4 is 28.5 Å². The fraction of sp³-hybridized carbons (Fsp3) is 0.233. The van der Waals surface area contributed by atoms with Crippen LogP contribution in [0.5, 0.6) is 5.75 Å². The van der Waals surface area contributed by atoms with E-state index >= 15 is 0 Å². The van der Waals surface area contributed by atoms with Gasteiger partial charge in [0.15, 0.2) is 11.5 Å². The first kappa shape index (κ1) is 35.2. The molecule has 0 bridgehead atoms. The Hall–Kier alpha value is -5.25. The summed E-state index contributed by atoms with van der Waals surface area (Å²) in [6.45, 7) is 2.96. The Morgan fingerprint density at radius 2 is 1.46 bits per heavy atom. The van der Waals surface area contributed by atoms with Crippen molar-refractivity contribution in [2.24, 2.45) is 0 Å². The number of pyridine rings is 2. The molecule has 244 valence electrons. The van der Waals surface area contributed by atoms with Gasteiger partial charge in [0.2, 0.25) is 0 Å². The lowest BCUT2D eigenvalue weighted by molar-refractivity contribution is -0.193. The van der Waals surface area contributed by atoms with Crippen molar-refractivity contribution < 1.29 is 50.9 Å². The first-order valence-electron chi connectivity index (χ1n) is 13.2. The van der Waals surface area contributed by atoms with E-state index in [0.29, 0.717) is 0 Å². The minimum Gasteiger partial charge on any atom is -0.489 e. The van der Waals surface area contributed by atoms with Crippen LogP contribution in [0.15, 0.2) is 79.1 Å². The molecule has 5 aromatic rings. The van der Waals surface area contributed by atoms with Crippen LogP contribution in [-0.2, 0) is 9.59 Å². The Labute approximate surface area is 257 Å². The fourth-order valence-corrected chi connectivity index (χ4v) is 4.05. The smallest absolute Gasteiger partial charge is 0.489 e. The molecule has 0 amide bonds. The summed E-state index contributed by atoms with van der Waals surface area (Å²) >= 11 is 0. The van der Waals surface area contributed by atoms with Gasteiger partial charge in [0.1, 0.15) is 11.9 Å². The first-order valence-corrected chi connectivity index (χ1v) is 13.2. The number of alkyl halides is 6. The molecule has 0 radical (unpaired) electrons. The number of halogens is 6. The number of para-hydroxylation sites is 1. The lowest BCUT2D eigenvalue weighted by Crippen LogP contribution is -2.27. The number of rotatable bonds is 6. The lowest BCUT2D eigenvalue weighted by Gasteiger charge is -2.18. The van der Waals surface area contributed by atoms with Crippen LogP contribution in [0.2, 0.25) is 0 Å². The second kappa shape index (κ2) is 14.7. The van der Waals surface area contributed by atoms with Crippen molar-refractivity contribution in [3.8, 4) is 28.3 Å². The van der Waals surface area contributed by atoms with Gasteiger partial charge in [-0.2, -0.15) is 26.3 Å². The highest BCUT2D eigenvalue weighted by atomic mass is 19.4. The summed E-state index contributed by atoms with van der Waals surface area (Å²) < 4.78 is 71.5. The van der Waals surface area contributed by atoms with Crippen molar-refractivity contribution in [3.05, 3.63) is 79.1 Å². The molecule has 46 heavy (non-hydrogen) atoms. The number of aliphatic carboxylic acids is 2. The average Bonchev–Trinajstić information content (AvgIpc) is 3.39. The largest absolute Gasteiger partial charge is 0.490 e. The Kier molecular flexibility index (Phi) is 11.2. The van der Waals surface area contributed by atoms with Crippen LogP contribution in [0.3, 0.4) is 0 Å². The van der Waals surface area contributed by atoms with Gasteiger partial charge in [-0.3, -0.25) is 9.38 Å². The zero-order chi connectivity index (χ0) is 34.2. The molecule has 0 saturated carbocycles. The van der Waals surface area contributed by atoms with Crippen LogP contribution >= 0.6 is 0 Å². The number of hydrogen-bond acceptors (Lipinski definition) is 7. The number of carbonyl (C=O) groups is 2. The van der Waals surface area contributed by atoms with Crippen molar-refractivity contribution in [1.82, 2.24) is 24.5 Å². The van der Waals surface area contributed by atoms with Crippen LogP contribution in [0, 0.1) is 0 Å². The molecule has 16 heteroatoms. The summed E-state index contributed by atoms with van der Waals surface area (Å²) in [6.07, 6.45) is -6.19. The standard InChI is InChI=1S/C26H25N5O.2C2HF3O2/c1-18(17-30(2)3)32-21-10-8-19(9-11-21)20-13-15-31-25(16-20)28-29-26(31)23-12-14-27-24-7-5-4-6-22(23)24;2*3-2(4,5)1(6)7/h4-16,18H,17H2,1-3H3;2*(H,6,7). The highest BCUT2D eigenvalue weighted by Crippen LogP contribution is 2.29. The fourth-order valence-electron chi connectivity index (χ4n) is 4.05. The second-order valence-electron chi connectivity index (χ2n) is 9.86. The van der Waals surface area contributed by atoms with E-state index in [1.54, 1.807) is 0 Å². The van der Waals surface area contributed by atoms with E-state index in [0.717, 1.165) is 51.4 Å². The van der Waals surface area contributed by atoms with Gasteiger partial charge in [-0.05, 0) is 68.5 Å². The molecule has 2 aromatic carbocycles. The van der Waals surface area contributed by atoms with E-state index in [1.807, 2.05) is 67.3 Å². The van der Waals surface area contributed by atoms with Crippen LogP contribution < -0.4 is 4.74 Å². The monoisotopic (exact) mass is 651 g/mol. The molecule has 0 saturated heterocycles. The van der Waals surface area contributed by atoms with Crippen LogP contribution in [-0.4, -0.2) is 85.7 Å². The number of likely N-dealkylation sites (N-methyl/N-ethyl adjacent to an activating group) is 1. The van der Waals surface area contributed by atoms with Crippen molar-refractivity contribution in [3.63, 3.8) is 0 Å². The molecule has 3 heterocycles. The molecule has 5 rings (SSSR count). The molecule has 0 aliphatic carbocycles. The summed E-state index contributed by atoms with van der Waals surface area (Å²) in [7, 11) is 4.10. The number of benzene rings is 2. The number of nitrogens with zero attached hydrogens (tertiary/aromatic N) is 5. The number of hydrogen-bond donors (Lipinski definition) is 2. The summed E-state index contributed by atoms with van der Waals surface area (Å²) in [5, 5.41) is 24.2. The minimum absolute atomic E-state index is 0.130. The quantitative estimate of drug-likeness (QED) is 0.206. The summed E-state index contributed by atoms with van der Waals surface area (Å²) in [6, 6.07) is 22.4. The number of fused-ring (bicyclic) bond motifs is 2. The molecule has 1 atom stereocenters. The number of aromatic nitrogens is 4. The van der Waals surface area contributed by atoms with Crippen molar-refractivity contribution in [1.29, 1.82) is 0 Å². The molecule has 1 unspecified atom stereocenters. The van der Waals surface area contributed by atoms with Gasteiger partial charge in [0, 0.05) is 29.9 Å². The highest BCUT2D eigenvalue weighted by molar-refractivity contribution is 5.92. The number of carboxylic acids is 2. The summed E-state index contributed by atoms with van der Waals surface area (Å²) in [4.78, 5) is 24.4. The lowest BCUT2D eigenvalue weighted by atomic mass is 10.1. The topological polar surface area (TPSA) is 130 Å². The van der Waals surface area contributed by atoms with Gasteiger partial charge >= 0.3 is 24.3 Å². The van der Waals surface area contributed by atoms with Gasteiger partial charge in [0.05, 0.1) is 5.52 Å². The molecular formula is C30H27F6N5O5. The van der Waals surface area contributed by atoms with E-state index in [2.05, 4.69) is 57.3 Å². The maximum absolute atomic E-state index is 10.6.